The zero-order valence-electron chi connectivity index (χ0n) is 17.1. The Kier molecular flexibility index (Phi) is 6.83. The Bertz CT molecular complexity index is 591. The first kappa shape index (κ1) is 20.2. The highest BCUT2D eigenvalue weighted by Gasteiger charge is 2.38. The van der Waals surface area contributed by atoms with Crippen LogP contribution in [0.15, 0.2) is 24.3 Å². The second-order valence-electron chi connectivity index (χ2n) is 9.11. The quantitative estimate of drug-likeness (QED) is 0.550. The average Bonchev–Trinajstić information content (AvgIpc) is 2.67. The molecule has 150 valence electrons. The van der Waals surface area contributed by atoms with E-state index in [2.05, 4.69) is 31.2 Å². The third kappa shape index (κ3) is 5.49. The van der Waals surface area contributed by atoms with Crippen molar-refractivity contribution in [1.29, 1.82) is 0 Å². The van der Waals surface area contributed by atoms with Crippen LogP contribution in [-0.2, 0) is 11.2 Å². The molecule has 0 heterocycles. The lowest BCUT2D eigenvalue weighted by molar-refractivity contribution is -0.0438. The van der Waals surface area contributed by atoms with E-state index in [1.165, 1.54) is 56.1 Å². The zero-order chi connectivity index (χ0) is 19.3. The maximum absolute atomic E-state index is 10.9. The van der Waals surface area contributed by atoms with Crippen molar-refractivity contribution >= 4 is 6.16 Å². The molecule has 0 saturated heterocycles. The Labute approximate surface area is 164 Å². The fourth-order valence-electron chi connectivity index (χ4n) is 5.30. The Morgan fingerprint density at radius 3 is 2.19 bits per heavy atom. The first-order valence-corrected chi connectivity index (χ1v) is 11.0. The molecule has 27 heavy (non-hydrogen) atoms. The van der Waals surface area contributed by atoms with Crippen LogP contribution in [0.5, 0.6) is 0 Å². The van der Waals surface area contributed by atoms with Gasteiger partial charge in [0, 0.05) is 0 Å². The number of hydrogen-bond acceptors (Lipinski definition) is 2. The molecule has 2 aliphatic rings. The number of aryl methyl sites for hydroxylation is 1. The summed E-state index contributed by atoms with van der Waals surface area (Å²) in [6, 6.07) is 9.40. The van der Waals surface area contributed by atoms with Crippen LogP contribution >= 0.6 is 0 Å². The summed E-state index contributed by atoms with van der Waals surface area (Å²) in [7, 11) is 0. The summed E-state index contributed by atoms with van der Waals surface area (Å²) in [6.07, 6.45) is 11.9. The lowest BCUT2D eigenvalue weighted by atomic mass is 9.67. The number of hydrogen-bond donors (Lipinski definition) is 1. The van der Waals surface area contributed by atoms with E-state index < -0.39 is 11.8 Å². The Balaban J connectivity index is 1.46. The molecular weight excluding hydrogens is 336 g/mol. The van der Waals surface area contributed by atoms with E-state index in [1.54, 1.807) is 0 Å². The summed E-state index contributed by atoms with van der Waals surface area (Å²) < 4.78 is 5.14. The molecule has 0 unspecified atom stereocenters. The van der Waals surface area contributed by atoms with Gasteiger partial charge in [-0.2, -0.15) is 0 Å². The topological polar surface area (TPSA) is 46.5 Å². The molecule has 0 aromatic heterocycles. The van der Waals surface area contributed by atoms with Crippen LogP contribution in [0, 0.1) is 11.8 Å². The fourth-order valence-corrected chi connectivity index (χ4v) is 5.30. The van der Waals surface area contributed by atoms with E-state index in [9.17, 15) is 4.79 Å². The van der Waals surface area contributed by atoms with Gasteiger partial charge in [0.05, 0.1) is 0 Å². The summed E-state index contributed by atoms with van der Waals surface area (Å²) in [4.78, 5) is 10.9. The third-order valence-corrected chi connectivity index (χ3v) is 7.13. The van der Waals surface area contributed by atoms with Crippen LogP contribution in [0.4, 0.5) is 4.79 Å². The highest BCUT2D eigenvalue weighted by atomic mass is 16.7. The number of unbranched alkanes of at least 4 members (excludes halogenated alkanes) is 1. The van der Waals surface area contributed by atoms with Gasteiger partial charge in [-0.05, 0) is 100 Å². The smallest absolute Gasteiger partial charge is 0.450 e. The van der Waals surface area contributed by atoms with Gasteiger partial charge in [0.2, 0.25) is 0 Å². The lowest BCUT2D eigenvalue weighted by Crippen LogP contribution is -2.37. The molecule has 0 amide bonds. The minimum Gasteiger partial charge on any atom is -0.450 e. The molecule has 3 rings (SSSR count). The van der Waals surface area contributed by atoms with Gasteiger partial charge in [-0.25, -0.2) is 4.79 Å². The number of rotatable bonds is 6. The van der Waals surface area contributed by atoms with E-state index in [-0.39, 0.29) is 0 Å². The van der Waals surface area contributed by atoms with Crippen LogP contribution in [-0.4, -0.2) is 16.9 Å². The van der Waals surface area contributed by atoms with Gasteiger partial charge >= 0.3 is 6.16 Å². The fraction of sp³-hybridized carbons (Fsp3) is 0.708. The Hall–Kier alpha value is -1.51. The van der Waals surface area contributed by atoms with E-state index in [0.29, 0.717) is 0 Å². The molecule has 1 aromatic rings. The Morgan fingerprint density at radius 2 is 1.63 bits per heavy atom. The van der Waals surface area contributed by atoms with Crippen molar-refractivity contribution in [1.82, 2.24) is 0 Å². The predicted molar refractivity (Wildman–Crippen MR) is 109 cm³/mol. The van der Waals surface area contributed by atoms with E-state index >= 15 is 0 Å². The summed E-state index contributed by atoms with van der Waals surface area (Å²) in [5.41, 5.74) is 2.54. The van der Waals surface area contributed by atoms with Crippen molar-refractivity contribution in [3.63, 3.8) is 0 Å². The minimum absolute atomic E-state index is 0.459. The molecule has 0 atom stereocenters. The number of benzene rings is 1. The Morgan fingerprint density at radius 1 is 1.04 bits per heavy atom. The molecule has 0 bridgehead atoms. The van der Waals surface area contributed by atoms with Crippen LogP contribution < -0.4 is 0 Å². The highest BCUT2D eigenvalue weighted by Crippen LogP contribution is 2.45. The summed E-state index contributed by atoms with van der Waals surface area (Å²) >= 11 is 0. The van der Waals surface area contributed by atoms with Crippen LogP contribution in [0.1, 0.15) is 95.1 Å². The molecule has 2 saturated carbocycles. The number of carbonyl (C=O) groups is 1. The summed E-state index contributed by atoms with van der Waals surface area (Å²) in [5.74, 6) is 2.30. The molecule has 3 nitrogen and oxygen atoms in total. The average molecular weight is 373 g/mol. The van der Waals surface area contributed by atoms with E-state index in [1.807, 2.05) is 6.92 Å². The van der Waals surface area contributed by atoms with E-state index in [0.717, 1.165) is 43.4 Å². The highest BCUT2D eigenvalue weighted by molar-refractivity contribution is 5.57. The maximum Gasteiger partial charge on any atom is 0.506 e. The van der Waals surface area contributed by atoms with Gasteiger partial charge in [0.15, 0.2) is 0 Å². The molecule has 2 fully saturated rings. The lowest BCUT2D eigenvalue weighted by Gasteiger charge is -2.41. The van der Waals surface area contributed by atoms with Crippen molar-refractivity contribution in [2.75, 3.05) is 0 Å². The second kappa shape index (κ2) is 9.12. The van der Waals surface area contributed by atoms with E-state index in [4.69, 9.17) is 9.84 Å². The van der Waals surface area contributed by atoms with Crippen molar-refractivity contribution in [3.8, 4) is 0 Å². The van der Waals surface area contributed by atoms with Crippen LogP contribution in [0.3, 0.4) is 0 Å². The molecular formula is C24H36O3. The second-order valence-corrected chi connectivity index (χ2v) is 9.11. The molecule has 0 radical (unpaired) electrons. The van der Waals surface area contributed by atoms with Gasteiger partial charge in [-0.3, -0.25) is 0 Å². The monoisotopic (exact) mass is 372 g/mol. The van der Waals surface area contributed by atoms with Crippen LogP contribution in [0.25, 0.3) is 0 Å². The molecule has 1 aromatic carbocycles. The van der Waals surface area contributed by atoms with Crippen molar-refractivity contribution < 1.29 is 14.6 Å². The van der Waals surface area contributed by atoms with Crippen molar-refractivity contribution in [2.45, 2.75) is 96.0 Å². The van der Waals surface area contributed by atoms with Crippen molar-refractivity contribution in [2.24, 2.45) is 11.8 Å². The molecule has 1 N–H and O–H groups in total. The predicted octanol–water partition coefficient (Wildman–Crippen LogP) is 6.95. The minimum atomic E-state index is -1.13. The first-order chi connectivity index (χ1) is 13.0. The molecule has 3 heteroatoms. The normalized spacial score (nSPS) is 31.4. The SMILES string of the molecule is CCCCc1ccc(C2CCC(C3CCC(C)(OC(=O)O)CC3)CC2)cc1. The van der Waals surface area contributed by atoms with Gasteiger partial charge < -0.3 is 9.84 Å². The van der Waals surface area contributed by atoms with Crippen LogP contribution in [0.2, 0.25) is 0 Å². The van der Waals surface area contributed by atoms with Gasteiger partial charge in [0.25, 0.3) is 0 Å². The third-order valence-electron chi connectivity index (χ3n) is 7.13. The number of ether oxygens (including phenoxy) is 1. The standard InChI is InChI=1S/C24H36O3/c1-3-4-5-18-6-8-19(9-7-18)20-10-12-21(13-11-20)22-14-16-24(2,17-15-22)27-23(25)26/h6-9,20-22H,3-5,10-17H2,1-2H3,(H,25,26). The molecule has 0 spiro atoms. The van der Waals surface area contributed by atoms with Gasteiger partial charge in [-0.1, -0.05) is 37.6 Å². The first-order valence-electron chi connectivity index (χ1n) is 11.0. The van der Waals surface area contributed by atoms with Crippen molar-refractivity contribution in [3.05, 3.63) is 35.4 Å². The van der Waals surface area contributed by atoms with Gasteiger partial charge in [-0.15, -0.1) is 0 Å². The molecule has 2 aliphatic carbocycles. The maximum atomic E-state index is 10.9. The zero-order valence-corrected chi connectivity index (χ0v) is 17.1. The molecule has 0 aliphatic heterocycles. The summed E-state index contributed by atoms with van der Waals surface area (Å²) in [5, 5.41) is 8.92. The number of carboxylic acid groups (broad SMARTS) is 1. The van der Waals surface area contributed by atoms with Gasteiger partial charge in [0.1, 0.15) is 5.60 Å². The largest absolute Gasteiger partial charge is 0.506 e. The summed E-state index contributed by atoms with van der Waals surface area (Å²) in [6.45, 7) is 4.21.